The van der Waals surface area contributed by atoms with E-state index >= 15 is 0 Å². The Morgan fingerprint density at radius 1 is 1.16 bits per heavy atom. The molecule has 0 bridgehead atoms. The van der Waals surface area contributed by atoms with Crippen LogP contribution in [0.15, 0.2) is 24.3 Å². The Balaban J connectivity index is 2.09. The fraction of sp³-hybridized carbons (Fsp3) is 0.455. The average Bonchev–Trinajstić information content (AvgIpc) is 2.85. The summed E-state index contributed by atoms with van der Waals surface area (Å²) < 4.78 is 14.8. The van der Waals surface area contributed by atoms with Gasteiger partial charge in [-0.15, -0.1) is 0 Å². The Hall–Kier alpha value is -3.56. The number of hydrogen-bond acceptors (Lipinski definition) is 13. The lowest BCUT2D eigenvalue weighted by Crippen LogP contribution is -2.67. The van der Waals surface area contributed by atoms with Crippen molar-refractivity contribution in [3.8, 4) is 0 Å². The number of Topliss-reactive ketones (excluding diaryl/α,β-unsaturated/α-hetero) is 2. The number of aliphatic hydroxyl groups excluding tert-OH is 1. The minimum Gasteiger partial charge on any atom is -0.455 e. The number of nitro groups is 1. The number of rotatable bonds is 12. The third-order valence-electron chi connectivity index (χ3n) is 5.08. The number of ether oxygens (including phenoxy) is 3. The number of amides is 1. The molecular formula is C22H23ClN2O12S. The van der Waals surface area contributed by atoms with E-state index in [9.17, 15) is 44.0 Å². The van der Waals surface area contributed by atoms with E-state index in [1.807, 2.05) is 0 Å². The molecule has 38 heavy (non-hydrogen) atoms. The molecule has 0 aliphatic carbocycles. The van der Waals surface area contributed by atoms with Gasteiger partial charge >= 0.3 is 12.1 Å². The van der Waals surface area contributed by atoms with Gasteiger partial charge in [-0.2, -0.15) is 0 Å². The van der Waals surface area contributed by atoms with Crippen molar-refractivity contribution in [2.45, 2.75) is 50.5 Å². The zero-order valence-electron chi connectivity index (χ0n) is 20.2. The molecule has 1 aliphatic heterocycles. The maximum atomic E-state index is 12.9. The SMILES string of the molecule is CC(=O)COC(=O)C(Cl)N1C(=O)[C@H](C(C)OC(=O)OCc2ccc([N+](=O)[O-])cc2)[C@@H]1SC(=O)C(=O)C(C)O. The number of likely N-dealkylation sites (tertiary alicyclic amines) is 1. The Morgan fingerprint density at radius 3 is 2.29 bits per heavy atom. The summed E-state index contributed by atoms with van der Waals surface area (Å²) in [4.78, 5) is 83.3. The highest BCUT2D eigenvalue weighted by atomic mass is 35.5. The van der Waals surface area contributed by atoms with E-state index in [0.29, 0.717) is 17.3 Å². The van der Waals surface area contributed by atoms with E-state index < -0.39 is 75.2 Å². The number of esters is 1. The molecule has 1 aromatic carbocycles. The predicted molar refractivity (Wildman–Crippen MR) is 129 cm³/mol. The van der Waals surface area contributed by atoms with E-state index in [0.717, 1.165) is 18.7 Å². The normalized spacial score (nSPS) is 18.9. The van der Waals surface area contributed by atoms with Crippen LogP contribution < -0.4 is 0 Å². The lowest BCUT2D eigenvalue weighted by atomic mass is 9.92. The quantitative estimate of drug-likeness (QED) is 0.0714. The molecule has 1 amide bonds. The van der Waals surface area contributed by atoms with Crippen LogP contribution in [0, 0.1) is 16.0 Å². The van der Waals surface area contributed by atoms with Gasteiger partial charge in [0.1, 0.15) is 36.7 Å². The van der Waals surface area contributed by atoms with E-state index in [1.54, 1.807) is 0 Å². The summed E-state index contributed by atoms with van der Waals surface area (Å²) in [7, 11) is 0. The predicted octanol–water partition coefficient (Wildman–Crippen LogP) is 1.33. The van der Waals surface area contributed by atoms with Crippen molar-refractivity contribution in [2.24, 2.45) is 5.92 Å². The number of aliphatic hydroxyl groups is 1. The highest BCUT2D eigenvalue weighted by molar-refractivity contribution is 8.16. The lowest BCUT2D eigenvalue weighted by molar-refractivity contribution is -0.384. The number of nitrogens with zero attached hydrogens (tertiary/aromatic N) is 2. The summed E-state index contributed by atoms with van der Waals surface area (Å²) in [6.07, 6.45) is -4.07. The van der Waals surface area contributed by atoms with Crippen LogP contribution in [0.3, 0.4) is 0 Å². The molecule has 1 aromatic rings. The molecule has 0 aromatic heterocycles. The maximum absolute atomic E-state index is 12.9. The second kappa shape index (κ2) is 13.3. The number of β-lactam (4-membered cyclic amide) rings is 1. The fourth-order valence-electron chi connectivity index (χ4n) is 3.12. The van der Waals surface area contributed by atoms with E-state index in [1.165, 1.54) is 31.2 Å². The van der Waals surface area contributed by atoms with Crippen LogP contribution in [0.2, 0.25) is 0 Å². The van der Waals surface area contributed by atoms with Gasteiger partial charge in [0.05, 0.1) is 4.92 Å². The minimum atomic E-state index is -1.77. The summed E-state index contributed by atoms with van der Waals surface area (Å²) in [5.41, 5.74) is -1.52. The lowest BCUT2D eigenvalue weighted by Gasteiger charge is -2.48. The minimum absolute atomic E-state index is 0.159. The molecular weight excluding hydrogens is 552 g/mol. The van der Waals surface area contributed by atoms with E-state index in [4.69, 9.17) is 25.8 Å². The zero-order chi connectivity index (χ0) is 28.7. The van der Waals surface area contributed by atoms with Crippen molar-refractivity contribution < 1.29 is 53.0 Å². The molecule has 16 heteroatoms. The number of benzene rings is 1. The summed E-state index contributed by atoms with van der Waals surface area (Å²) in [5, 5.41) is 17.7. The molecule has 1 aliphatic rings. The zero-order valence-corrected chi connectivity index (χ0v) is 21.8. The molecule has 206 valence electrons. The number of ketones is 2. The third-order valence-corrected chi connectivity index (χ3v) is 6.64. The highest BCUT2D eigenvalue weighted by Crippen LogP contribution is 2.41. The molecule has 0 radical (unpaired) electrons. The number of carbonyl (C=O) groups excluding carboxylic acids is 6. The second-order valence-corrected chi connectivity index (χ2v) is 9.54. The van der Waals surface area contributed by atoms with Gasteiger partial charge in [-0.25, -0.2) is 9.59 Å². The first kappa shape index (κ1) is 30.7. The largest absolute Gasteiger partial charge is 0.508 e. The molecule has 1 saturated heterocycles. The van der Waals surface area contributed by atoms with Gasteiger partial charge in [-0.05, 0) is 38.5 Å². The first-order chi connectivity index (χ1) is 17.7. The number of thioether (sulfide) groups is 1. The summed E-state index contributed by atoms with van der Waals surface area (Å²) >= 11 is 6.33. The fourth-order valence-corrected chi connectivity index (χ4v) is 4.80. The van der Waals surface area contributed by atoms with Crippen molar-refractivity contribution in [3.05, 3.63) is 39.9 Å². The summed E-state index contributed by atoms with van der Waals surface area (Å²) in [6.45, 7) is 2.61. The van der Waals surface area contributed by atoms with Crippen molar-refractivity contribution in [3.63, 3.8) is 0 Å². The Labute approximate surface area is 224 Å². The topological polar surface area (TPSA) is 197 Å². The molecule has 3 unspecified atom stereocenters. The van der Waals surface area contributed by atoms with Crippen LogP contribution in [0.25, 0.3) is 0 Å². The molecule has 1 fully saturated rings. The standard InChI is InChI=1S/C22H23ClN2O12S/c1-10(26)8-35-20(30)17(23)24-18(29)15(19(24)38-21(31)16(28)11(2)27)12(3)37-22(32)36-9-13-4-6-14(7-5-13)25(33)34/h4-7,11-12,15,17,19,27H,8-9H2,1-3H3/t11?,12?,15-,17?,19-/m0/s1. The van der Waals surface area contributed by atoms with Gasteiger partial charge in [-0.1, -0.05) is 23.4 Å². The van der Waals surface area contributed by atoms with Gasteiger partial charge in [0.15, 0.2) is 5.78 Å². The van der Waals surface area contributed by atoms with Crippen LogP contribution in [0.1, 0.15) is 26.3 Å². The number of carbonyl (C=O) groups is 6. The number of hydrogen-bond donors (Lipinski definition) is 1. The van der Waals surface area contributed by atoms with Crippen molar-refractivity contribution in [2.75, 3.05) is 6.61 Å². The molecule has 5 atom stereocenters. The van der Waals surface area contributed by atoms with Crippen LogP contribution in [0.4, 0.5) is 10.5 Å². The van der Waals surface area contributed by atoms with Crippen LogP contribution in [-0.2, 0) is 44.8 Å². The van der Waals surface area contributed by atoms with E-state index in [2.05, 4.69) is 0 Å². The monoisotopic (exact) mass is 574 g/mol. The first-order valence-corrected chi connectivity index (χ1v) is 12.2. The van der Waals surface area contributed by atoms with Crippen LogP contribution >= 0.6 is 23.4 Å². The maximum Gasteiger partial charge on any atom is 0.508 e. The van der Waals surface area contributed by atoms with Crippen LogP contribution in [-0.4, -0.2) is 79.3 Å². The molecule has 2 rings (SSSR count). The molecule has 1 N–H and O–H groups in total. The number of halogens is 1. The Bertz CT molecular complexity index is 1130. The Morgan fingerprint density at radius 2 is 1.76 bits per heavy atom. The van der Waals surface area contributed by atoms with Crippen molar-refractivity contribution in [1.29, 1.82) is 0 Å². The first-order valence-electron chi connectivity index (χ1n) is 10.9. The number of nitro benzene ring substituents is 1. The van der Waals surface area contributed by atoms with Gasteiger partial charge in [0, 0.05) is 12.1 Å². The van der Waals surface area contributed by atoms with Gasteiger partial charge in [0.25, 0.3) is 10.8 Å². The smallest absolute Gasteiger partial charge is 0.455 e. The van der Waals surface area contributed by atoms with Gasteiger partial charge in [-0.3, -0.25) is 29.3 Å². The number of non-ortho nitro benzene ring substituents is 1. The van der Waals surface area contributed by atoms with E-state index in [-0.39, 0.29) is 12.3 Å². The molecule has 14 nitrogen and oxygen atoms in total. The summed E-state index contributed by atoms with van der Waals surface area (Å²) in [5.74, 6) is -4.90. The van der Waals surface area contributed by atoms with Gasteiger partial charge < -0.3 is 24.2 Å². The highest BCUT2D eigenvalue weighted by Gasteiger charge is 2.57. The molecule has 1 heterocycles. The van der Waals surface area contributed by atoms with Crippen LogP contribution in [0.5, 0.6) is 0 Å². The molecule has 0 spiro atoms. The summed E-state index contributed by atoms with van der Waals surface area (Å²) in [6, 6.07) is 5.16. The van der Waals surface area contributed by atoms with Crippen molar-refractivity contribution >= 4 is 63.8 Å². The van der Waals surface area contributed by atoms with Crippen molar-refractivity contribution in [1.82, 2.24) is 4.90 Å². The second-order valence-electron chi connectivity index (χ2n) is 8.04. The third kappa shape index (κ3) is 7.72. The molecule has 0 saturated carbocycles. The van der Waals surface area contributed by atoms with Gasteiger partial charge in [0.2, 0.25) is 17.2 Å². The Kier molecular flexibility index (Phi) is 10.7. The average molecular weight is 575 g/mol. The number of alkyl halides is 1.